The van der Waals surface area contributed by atoms with Crippen LogP contribution >= 0.6 is 0 Å². The highest BCUT2D eigenvalue weighted by atomic mass is 15.0. The van der Waals surface area contributed by atoms with E-state index in [-0.39, 0.29) is 0 Å². The van der Waals surface area contributed by atoms with Gasteiger partial charge < -0.3 is 5.32 Å². The third kappa shape index (κ3) is 2.43. The number of nitrogens with one attached hydrogen (secondary N) is 1. The zero-order valence-electron chi connectivity index (χ0n) is 9.86. The minimum absolute atomic E-state index is 0.554. The van der Waals surface area contributed by atoms with Crippen LogP contribution in [0, 0.1) is 25.2 Å². The van der Waals surface area contributed by atoms with Crippen molar-refractivity contribution in [3.8, 4) is 6.07 Å². The van der Waals surface area contributed by atoms with E-state index in [9.17, 15) is 0 Å². The first-order valence-corrected chi connectivity index (χ1v) is 5.41. The SMILES string of the molecule is Cc1ccc(C#N)c(Nc2ccccc2C)n1. The van der Waals surface area contributed by atoms with Gasteiger partial charge in [0.15, 0.2) is 0 Å². The van der Waals surface area contributed by atoms with E-state index in [4.69, 9.17) is 5.26 Å². The fraction of sp³-hybridized carbons (Fsp3) is 0.143. The van der Waals surface area contributed by atoms with Crippen molar-refractivity contribution < 1.29 is 0 Å². The van der Waals surface area contributed by atoms with Gasteiger partial charge in [-0.2, -0.15) is 5.26 Å². The fourth-order valence-electron chi connectivity index (χ4n) is 1.58. The number of nitrogens with zero attached hydrogens (tertiary/aromatic N) is 2. The molecule has 1 N–H and O–H groups in total. The smallest absolute Gasteiger partial charge is 0.148 e. The van der Waals surface area contributed by atoms with Gasteiger partial charge in [-0.05, 0) is 37.6 Å². The van der Waals surface area contributed by atoms with Crippen LogP contribution in [0.2, 0.25) is 0 Å². The van der Waals surface area contributed by atoms with E-state index in [1.807, 2.05) is 44.2 Å². The van der Waals surface area contributed by atoms with Crippen molar-refractivity contribution in [1.82, 2.24) is 4.98 Å². The zero-order chi connectivity index (χ0) is 12.3. The van der Waals surface area contributed by atoms with Crippen molar-refractivity contribution in [2.24, 2.45) is 0 Å². The number of para-hydroxylation sites is 1. The van der Waals surface area contributed by atoms with Crippen molar-refractivity contribution in [3.63, 3.8) is 0 Å². The summed E-state index contributed by atoms with van der Waals surface area (Å²) in [4.78, 5) is 4.35. The predicted molar refractivity (Wildman–Crippen MR) is 68.2 cm³/mol. The molecule has 3 heteroatoms. The maximum Gasteiger partial charge on any atom is 0.148 e. The van der Waals surface area contributed by atoms with Crippen LogP contribution in [0.3, 0.4) is 0 Å². The second-order valence-electron chi connectivity index (χ2n) is 3.90. The Labute approximate surface area is 101 Å². The highest BCUT2D eigenvalue weighted by molar-refractivity contribution is 5.65. The Morgan fingerprint density at radius 1 is 1.12 bits per heavy atom. The molecule has 0 radical (unpaired) electrons. The van der Waals surface area contributed by atoms with Gasteiger partial charge in [-0.3, -0.25) is 0 Å². The predicted octanol–water partition coefficient (Wildman–Crippen LogP) is 3.31. The molecule has 0 unspecified atom stereocenters. The van der Waals surface area contributed by atoms with Crippen LogP contribution in [-0.2, 0) is 0 Å². The normalized spacial score (nSPS) is 9.71. The molecule has 1 heterocycles. The second kappa shape index (κ2) is 4.67. The number of rotatable bonds is 2. The number of benzene rings is 1. The molecule has 0 aliphatic rings. The third-order valence-corrected chi connectivity index (χ3v) is 2.55. The molecule has 2 aromatic rings. The Morgan fingerprint density at radius 3 is 2.59 bits per heavy atom. The number of aromatic nitrogens is 1. The van der Waals surface area contributed by atoms with E-state index < -0.39 is 0 Å². The Bertz CT molecular complexity index is 582. The van der Waals surface area contributed by atoms with Crippen molar-refractivity contribution in [3.05, 3.63) is 53.2 Å². The summed E-state index contributed by atoms with van der Waals surface area (Å²) in [6.07, 6.45) is 0. The summed E-state index contributed by atoms with van der Waals surface area (Å²) >= 11 is 0. The van der Waals surface area contributed by atoms with Crippen LogP contribution in [0.4, 0.5) is 11.5 Å². The quantitative estimate of drug-likeness (QED) is 0.849. The Morgan fingerprint density at radius 2 is 1.88 bits per heavy atom. The van der Waals surface area contributed by atoms with Gasteiger partial charge >= 0.3 is 0 Å². The van der Waals surface area contributed by atoms with Gasteiger partial charge in [0.25, 0.3) is 0 Å². The standard InChI is InChI=1S/C14H13N3/c1-10-5-3-4-6-13(10)17-14-12(9-15)8-7-11(2)16-14/h3-8H,1-2H3,(H,16,17). The molecule has 0 amide bonds. The molecule has 84 valence electrons. The minimum atomic E-state index is 0.554. The van der Waals surface area contributed by atoms with Crippen LogP contribution in [-0.4, -0.2) is 4.98 Å². The molecule has 1 aromatic heterocycles. The second-order valence-corrected chi connectivity index (χ2v) is 3.90. The van der Waals surface area contributed by atoms with Gasteiger partial charge in [0.05, 0.1) is 5.56 Å². The van der Waals surface area contributed by atoms with E-state index in [0.717, 1.165) is 16.9 Å². The van der Waals surface area contributed by atoms with Crippen LogP contribution in [0.25, 0.3) is 0 Å². The monoisotopic (exact) mass is 223 g/mol. The summed E-state index contributed by atoms with van der Waals surface area (Å²) in [6, 6.07) is 13.7. The first-order valence-electron chi connectivity index (χ1n) is 5.41. The average Bonchev–Trinajstić information content (AvgIpc) is 2.32. The minimum Gasteiger partial charge on any atom is -0.339 e. The summed E-state index contributed by atoms with van der Waals surface area (Å²) in [5, 5.41) is 12.2. The lowest BCUT2D eigenvalue weighted by atomic mass is 10.2. The van der Waals surface area contributed by atoms with Gasteiger partial charge in [0, 0.05) is 11.4 Å². The molecule has 1 aromatic carbocycles. The van der Waals surface area contributed by atoms with Gasteiger partial charge in [0.1, 0.15) is 11.9 Å². The summed E-state index contributed by atoms with van der Waals surface area (Å²) in [6.45, 7) is 3.92. The van der Waals surface area contributed by atoms with Crippen LogP contribution in [0.5, 0.6) is 0 Å². The van der Waals surface area contributed by atoms with E-state index in [0.29, 0.717) is 11.4 Å². The topological polar surface area (TPSA) is 48.7 Å². The number of hydrogen-bond donors (Lipinski definition) is 1. The molecule has 2 rings (SSSR count). The highest BCUT2D eigenvalue weighted by Gasteiger charge is 2.05. The zero-order valence-corrected chi connectivity index (χ0v) is 9.86. The summed E-state index contributed by atoms with van der Waals surface area (Å²) in [5.74, 6) is 0.613. The molecule has 0 spiro atoms. The van der Waals surface area contributed by atoms with Crippen molar-refractivity contribution in [1.29, 1.82) is 5.26 Å². The van der Waals surface area contributed by atoms with Crippen LogP contribution in [0.15, 0.2) is 36.4 Å². The lowest BCUT2D eigenvalue weighted by Gasteiger charge is -2.10. The van der Waals surface area contributed by atoms with Crippen molar-refractivity contribution in [2.75, 3.05) is 5.32 Å². The average molecular weight is 223 g/mol. The third-order valence-electron chi connectivity index (χ3n) is 2.55. The number of aryl methyl sites for hydroxylation is 2. The molecule has 0 saturated carbocycles. The number of nitriles is 1. The Hall–Kier alpha value is -2.34. The molecule has 3 nitrogen and oxygen atoms in total. The van der Waals surface area contributed by atoms with Gasteiger partial charge in [-0.15, -0.1) is 0 Å². The van der Waals surface area contributed by atoms with Gasteiger partial charge in [-0.1, -0.05) is 18.2 Å². The van der Waals surface area contributed by atoms with Gasteiger partial charge in [0.2, 0.25) is 0 Å². The summed E-state index contributed by atoms with van der Waals surface area (Å²) in [5.41, 5.74) is 3.54. The highest BCUT2D eigenvalue weighted by Crippen LogP contribution is 2.21. The molecular formula is C14H13N3. The molecule has 0 aliphatic heterocycles. The van der Waals surface area contributed by atoms with Crippen LogP contribution < -0.4 is 5.32 Å². The maximum absolute atomic E-state index is 9.03. The van der Waals surface area contributed by atoms with Crippen molar-refractivity contribution in [2.45, 2.75) is 13.8 Å². The molecular weight excluding hydrogens is 210 g/mol. The number of pyridine rings is 1. The molecule has 0 saturated heterocycles. The fourth-order valence-corrected chi connectivity index (χ4v) is 1.58. The Balaban J connectivity index is 2.40. The first-order chi connectivity index (χ1) is 8.20. The van der Waals surface area contributed by atoms with Crippen LogP contribution in [0.1, 0.15) is 16.8 Å². The van der Waals surface area contributed by atoms with Crippen molar-refractivity contribution >= 4 is 11.5 Å². The maximum atomic E-state index is 9.03. The Kier molecular flexibility index (Phi) is 3.06. The lowest BCUT2D eigenvalue weighted by Crippen LogP contribution is -1.99. The molecule has 0 bridgehead atoms. The molecule has 17 heavy (non-hydrogen) atoms. The van der Waals surface area contributed by atoms with Gasteiger partial charge in [-0.25, -0.2) is 4.98 Å². The molecule has 0 aliphatic carbocycles. The largest absolute Gasteiger partial charge is 0.339 e. The summed E-state index contributed by atoms with van der Waals surface area (Å²) < 4.78 is 0. The first kappa shape index (κ1) is 11.2. The number of hydrogen-bond acceptors (Lipinski definition) is 3. The van der Waals surface area contributed by atoms with E-state index >= 15 is 0 Å². The lowest BCUT2D eigenvalue weighted by molar-refractivity contribution is 1.18. The van der Waals surface area contributed by atoms with E-state index in [2.05, 4.69) is 16.4 Å². The summed E-state index contributed by atoms with van der Waals surface area (Å²) in [7, 11) is 0. The van der Waals surface area contributed by atoms with E-state index in [1.54, 1.807) is 6.07 Å². The number of anilines is 2. The van der Waals surface area contributed by atoms with E-state index in [1.165, 1.54) is 0 Å². The molecule has 0 fully saturated rings. The molecule has 0 atom stereocenters.